The van der Waals surface area contributed by atoms with E-state index >= 15 is 0 Å². The topological polar surface area (TPSA) is 93.5 Å². The van der Waals surface area contributed by atoms with E-state index in [1.165, 1.54) is 12.1 Å². The van der Waals surface area contributed by atoms with Crippen molar-refractivity contribution in [3.8, 4) is 0 Å². The molecule has 1 heterocycles. The van der Waals surface area contributed by atoms with Gasteiger partial charge in [-0.25, -0.2) is 4.79 Å². The van der Waals surface area contributed by atoms with Gasteiger partial charge in [0.2, 0.25) is 0 Å². The molecule has 2 aromatic rings. The van der Waals surface area contributed by atoms with E-state index in [1.807, 2.05) is 30.3 Å². The van der Waals surface area contributed by atoms with Crippen LogP contribution in [-0.4, -0.2) is 22.6 Å². The molecule has 0 saturated heterocycles. The Bertz CT molecular complexity index is 910. The van der Waals surface area contributed by atoms with Crippen molar-refractivity contribution in [2.24, 2.45) is 0 Å². The number of ether oxygens (including phenoxy) is 1. The molecule has 3 rings (SSSR count). The fourth-order valence-electron chi connectivity index (χ4n) is 2.87. The first-order valence-corrected chi connectivity index (χ1v) is 8.70. The maximum Gasteiger partial charge on any atom is 0.338 e. The number of carbonyl (C=O) groups is 1. The van der Waals surface area contributed by atoms with Gasteiger partial charge in [-0.05, 0) is 42.4 Å². The van der Waals surface area contributed by atoms with Crippen LogP contribution in [0.5, 0.6) is 0 Å². The van der Waals surface area contributed by atoms with Gasteiger partial charge >= 0.3 is 5.97 Å². The minimum atomic E-state index is -0.496. The van der Waals surface area contributed by atoms with Gasteiger partial charge in [-0.3, -0.25) is 10.1 Å². The van der Waals surface area contributed by atoms with Crippen molar-refractivity contribution in [2.75, 3.05) is 6.61 Å². The molecule has 0 aromatic heterocycles. The first kappa shape index (κ1) is 18.5. The number of nitrogens with zero attached hydrogens (tertiary/aromatic N) is 1. The molecular formula is C19H17N3O4S. The summed E-state index contributed by atoms with van der Waals surface area (Å²) in [6.45, 7) is 1.96. The molecular weight excluding hydrogens is 366 g/mol. The van der Waals surface area contributed by atoms with Crippen LogP contribution in [0.25, 0.3) is 5.70 Å². The monoisotopic (exact) mass is 383 g/mol. The van der Waals surface area contributed by atoms with Gasteiger partial charge in [0.25, 0.3) is 5.69 Å². The van der Waals surface area contributed by atoms with E-state index in [4.69, 9.17) is 17.0 Å². The van der Waals surface area contributed by atoms with Crippen molar-refractivity contribution in [1.29, 1.82) is 0 Å². The predicted octanol–water partition coefficient (Wildman–Crippen LogP) is 3.09. The summed E-state index contributed by atoms with van der Waals surface area (Å²) in [6, 6.07) is 14.8. The molecule has 1 aliphatic rings. The van der Waals surface area contributed by atoms with Crippen LogP contribution in [0.15, 0.2) is 60.2 Å². The molecule has 1 atom stereocenters. The third-order valence-electron chi connectivity index (χ3n) is 4.07. The lowest BCUT2D eigenvalue weighted by atomic mass is 9.93. The maximum absolute atomic E-state index is 12.7. The summed E-state index contributed by atoms with van der Waals surface area (Å²) in [4.78, 5) is 23.2. The van der Waals surface area contributed by atoms with Crippen molar-refractivity contribution in [3.05, 3.63) is 81.4 Å². The third kappa shape index (κ3) is 3.95. The van der Waals surface area contributed by atoms with Crippen molar-refractivity contribution >= 4 is 34.7 Å². The fraction of sp³-hybridized carbons (Fsp3) is 0.158. The minimum Gasteiger partial charge on any atom is -0.463 e. The zero-order valence-corrected chi connectivity index (χ0v) is 15.3. The van der Waals surface area contributed by atoms with E-state index in [-0.39, 0.29) is 12.3 Å². The zero-order valence-electron chi connectivity index (χ0n) is 14.5. The Balaban J connectivity index is 2.15. The average molecular weight is 383 g/mol. The molecule has 1 aliphatic heterocycles. The van der Waals surface area contributed by atoms with Crippen LogP contribution in [0.3, 0.4) is 0 Å². The number of non-ortho nitro benzene ring substituents is 1. The number of hydrogen-bond acceptors (Lipinski definition) is 5. The smallest absolute Gasteiger partial charge is 0.338 e. The quantitative estimate of drug-likeness (QED) is 0.355. The van der Waals surface area contributed by atoms with Gasteiger partial charge < -0.3 is 15.4 Å². The van der Waals surface area contributed by atoms with Crippen LogP contribution in [0.1, 0.15) is 24.1 Å². The second-order valence-electron chi connectivity index (χ2n) is 5.76. The molecule has 138 valence electrons. The average Bonchev–Trinajstić information content (AvgIpc) is 2.68. The predicted molar refractivity (Wildman–Crippen MR) is 105 cm³/mol. The van der Waals surface area contributed by atoms with E-state index in [0.717, 1.165) is 5.56 Å². The second-order valence-corrected chi connectivity index (χ2v) is 6.16. The molecule has 0 radical (unpaired) electrons. The Kier molecular flexibility index (Phi) is 5.46. The minimum absolute atomic E-state index is 0.0341. The largest absolute Gasteiger partial charge is 0.463 e. The maximum atomic E-state index is 12.7. The lowest BCUT2D eigenvalue weighted by Gasteiger charge is -2.31. The van der Waals surface area contributed by atoms with Gasteiger partial charge in [0.1, 0.15) is 0 Å². The molecule has 27 heavy (non-hydrogen) atoms. The molecule has 0 fully saturated rings. The van der Waals surface area contributed by atoms with Gasteiger partial charge in [-0.2, -0.15) is 0 Å². The first-order chi connectivity index (χ1) is 13.0. The van der Waals surface area contributed by atoms with Gasteiger partial charge in [-0.1, -0.05) is 30.3 Å². The SMILES string of the molecule is CCOC(=O)C1=C(c2ccc([N+](=O)[O-])cc2)NC(=S)N[C@H]1c1ccccc1. The number of rotatable bonds is 5. The van der Waals surface area contributed by atoms with Crippen LogP contribution >= 0.6 is 12.2 Å². The number of carbonyl (C=O) groups excluding carboxylic acids is 1. The molecule has 7 nitrogen and oxygen atoms in total. The Morgan fingerprint density at radius 3 is 2.44 bits per heavy atom. The summed E-state index contributed by atoms with van der Waals surface area (Å²) in [6.07, 6.45) is 0. The number of esters is 1. The number of hydrogen-bond donors (Lipinski definition) is 2. The van der Waals surface area contributed by atoms with Crippen molar-refractivity contribution in [1.82, 2.24) is 10.6 Å². The lowest BCUT2D eigenvalue weighted by Crippen LogP contribution is -2.45. The lowest BCUT2D eigenvalue weighted by molar-refractivity contribution is -0.384. The van der Waals surface area contributed by atoms with Crippen LogP contribution < -0.4 is 10.6 Å². The van der Waals surface area contributed by atoms with Crippen LogP contribution in [0, 0.1) is 10.1 Å². The van der Waals surface area contributed by atoms with E-state index < -0.39 is 16.9 Å². The third-order valence-corrected chi connectivity index (χ3v) is 4.29. The highest BCUT2D eigenvalue weighted by molar-refractivity contribution is 7.80. The molecule has 0 unspecified atom stereocenters. The molecule has 2 aromatic carbocycles. The normalized spacial score (nSPS) is 16.3. The first-order valence-electron chi connectivity index (χ1n) is 8.29. The molecule has 0 spiro atoms. The van der Waals surface area contributed by atoms with Crippen LogP contribution in [-0.2, 0) is 9.53 Å². The van der Waals surface area contributed by atoms with E-state index in [0.29, 0.717) is 21.9 Å². The standard InChI is InChI=1S/C19H17N3O4S/c1-2-26-18(23)15-16(12-6-4-3-5-7-12)20-19(27)21-17(15)13-8-10-14(11-9-13)22(24)25/h3-11,16H,2H2,1H3,(H2,20,21,27)/t16-/m0/s1. The van der Waals surface area contributed by atoms with E-state index in [1.54, 1.807) is 19.1 Å². The van der Waals surface area contributed by atoms with E-state index in [9.17, 15) is 14.9 Å². The number of thiocarbonyl (C=S) groups is 1. The summed E-state index contributed by atoms with van der Waals surface area (Å²) in [5.41, 5.74) is 2.26. The Labute approximate surface area is 161 Å². The molecule has 8 heteroatoms. The number of benzene rings is 2. The number of nitro benzene ring substituents is 1. The van der Waals surface area contributed by atoms with Crippen molar-refractivity contribution in [3.63, 3.8) is 0 Å². The van der Waals surface area contributed by atoms with Crippen LogP contribution in [0.2, 0.25) is 0 Å². The highest BCUT2D eigenvalue weighted by Crippen LogP contribution is 2.32. The van der Waals surface area contributed by atoms with Gasteiger partial charge in [0.05, 0.1) is 28.8 Å². The van der Waals surface area contributed by atoms with Crippen molar-refractivity contribution < 1.29 is 14.5 Å². The highest BCUT2D eigenvalue weighted by atomic mass is 32.1. The van der Waals surface area contributed by atoms with Gasteiger partial charge in [-0.15, -0.1) is 0 Å². The zero-order chi connectivity index (χ0) is 19.4. The van der Waals surface area contributed by atoms with Crippen LogP contribution in [0.4, 0.5) is 5.69 Å². The molecule has 0 saturated carbocycles. The summed E-state index contributed by atoms with van der Waals surface area (Å²) >= 11 is 5.31. The Morgan fingerprint density at radius 1 is 1.19 bits per heavy atom. The fourth-order valence-corrected chi connectivity index (χ4v) is 3.09. The summed E-state index contributed by atoms with van der Waals surface area (Å²) < 4.78 is 5.25. The van der Waals surface area contributed by atoms with Crippen molar-refractivity contribution in [2.45, 2.75) is 13.0 Å². The summed E-state index contributed by atoms with van der Waals surface area (Å²) in [7, 11) is 0. The highest BCUT2D eigenvalue weighted by Gasteiger charge is 2.33. The summed E-state index contributed by atoms with van der Waals surface area (Å²) in [5, 5.41) is 17.4. The van der Waals surface area contributed by atoms with E-state index in [2.05, 4.69) is 10.6 Å². The van der Waals surface area contributed by atoms with Gasteiger partial charge in [0.15, 0.2) is 5.11 Å². The van der Waals surface area contributed by atoms with Gasteiger partial charge in [0, 0.05) is 12.1 Å². The number of nitro groups is 1. The number of nitrogens with one attached hydrogen (secondary N) is 2. The Hall–Kier alpha value is -3.26. The molecule has 2 N–H and O–H groups in total. The molecule has 0 bridgehead atoms. The Morgan fingerprint density at radius 2 is 1.85 bits per heavy atom. The second kappa shape index (κ2) is 7.96. The molecule has 0 aliphatic carbocycles. The summed E-state index contributed by atoms with van der Waals surface area (Å²) in [5.74, 6) is -0.484. The molecule has 0 amide bonds.